The Labute approximate surface area is 103 Å². The van der Waals surface area contributed by atoms with Crippen molar-refractivity contribution >= 4 is 9.84 Å². The van der Waals surface area contributed by atoms with Crippen LogP contribution in [0.1, 0.15) is 11.1 Å². The van der Waals surface area contributed by atoms with Gasteiger partial charge in [-0.1, -0.05) is 6.07 Å². The second kappa shape index (κ2) is 6.02. The third-order valence-corrected chi connectivity index (χ3v) is 4.22. The molecule has 0 aromatic heterocycles. The summed E-state index contributed by atoms with van der Waals surface area (Å²) in [6, 6.07) is 5.71. The highest BCUT2D eigenvalue weighted by atomic mass is 32.2. The minimum absolute atomic E-state index is 0.0110. The van der Waals surface area contributed by atoms with Crippen molar-refractivity contribution in [2.45, 2.75) is 13.8 Å². The summed E-state index contributed by atoms with van der Waals surface area (Å²) in [7, 11) is -3.07. The molecule has 1 rings (SSSR count). The summed E-state index contributed by atoms with van der Waals surface area (Å²) in [5.74, 6) is 0.733. The second-order valence-corrected chi connectivity index (χ2v) is 6.34. The van der Waals surface area contributed by atoms with E-state index >= 15 is 0 Å². The number of benzene rings is 1. The zero-order valence-corrected chi connectivity index (χ0v) is 11.1. The van der Waals surface area contributed by atoms with E-state index in [9.17, 15) is 8.42 Å². The number of aryl methyl sites for hydroxylation is 2. The van der Waals surface area contributed by atoms with Gasteiger partial charge in [-0.2, -0.15) is 0 Å². The fourth-order valence-corrected chi connectivity index (χ4v) is 2.27. The van der Waals surface area contributed by atoms with Gasteiger partial charge >= 0.3 is 0 Å². The normalized spacial score (nSPS) is 11.5. The molecular weight excluding hydrogens is 238 g/mol. The molecule has 0 aliphatic carbocycles. The maximum absolute atomic E-state index is 11.4. The highest BCUT2D eigenvalue weighted by molar-refractivity contribution is 7.91. The van der Waals surface area contributed by atoms with Gasteiger partial charge in [0, 0.05) is 6.54 Å². The molecule has 5 heteroatoms. The van der Waals surface area contributed by atoms with Gasteiger partial charge in [-0.25, -0.2) is 8.42 Å². The average Bonchev–Trinajstić information content (AvgIpc) is 2.23. The molecule has 1 aromatic carbocycles. The number of ether oxygens (including phenoxy) is 1. The Morgan fingerprint density at radius 2 is 1.88 bits per heavy atom. The molecule has 0 fully saturated rings. The first-order valence-corrected chi connectivity index (χ1v) is 7.37. The summed E-state index contributed by atoms with van der Waals surface area (Å²) in [5.41, 5.74) is 7.53. The van der Waals surface area contributed by atoms with Gasteiger partial charge < -0.3 is 10.5 Å². The minimum Gasteiger partial charge on any atom is -0.493 e. The van der Waals surface area contributed by atoms with E-state index < -0.39 is 9.84 Å². The van der Waals surface area contributed by atoms with Crippen molar-refractivity contribution in [2.24, 2.45) is 5.73 Å². The summed E-state index contributed by atoms with van der Waals surface area (Å²) < 4.78 is 28.2. The highest BCUT2D eigenvalue weighted by Crippen LogP contribution is 2.16. The maximum atomic E-state index is 11.4. The lowest BCUT2D eigenvalue weighted by atomic mass is 10.1. The Morgan fingerprint density at radius 1 is 1.18 bits per heavy atom. The smallest absolute Gasteiger partial charge is 0.154 e. The SMILES string of the molecule is Cc1ccc(OCCS(=O)(=O)CCN)cc1C. The molecule has 0 aliphatic rings. The molecule has 0 bridgehead atoms. The fraction of sp³-hybridized carbons (Fsp3) is 0.500. The van der Waals surface area contributed by atoms with E-state index in [1.807, 2.05) is 32.0 Å². The first-order chi connectivity index (χ1) is 7.94. The molecule has 0 amide bonds. The number of hydrogen-bond donors (Lipinski definition) is 1. The predicted molar refractivity (Wildman–Crippen MR) is 69.1 cm³/mol. The summed E-state index contributed by atoms with van der Waals surface area (Å²) >= 11 is 0. The fourth-order valence-electron chi connectivity index (χ4n) is 1.37. The van der Waals surface area contributed by atoms with E-state index in [-0.39, 0.29) is 24.7 Å². The monoisotopic (exact) mass is 257 g/mol. The van der Waals surface area contributed by atoms with E-state index in [0.29, 0.717) is 5.75 Å². The molecule has 0 heterocycles. The van der Waals surface area contributed by atoms with Crippen LogP contribution in [-0.4, -0.2) is 33.1 Å². The van der Waals surface area contributed by atoms with Gasteiger partial charge in [0.25, 0.3) is 0 Å². The van der Waals surface area contributed by atoms with Gasteiger partial charge in [-0.05, 0) is 37.1 Å². The summed E-state index contributed by atoms with van der Waals surface area (Å²) in [5, 5.41) is 0. The van der Waals surface area contributed by atoms with Crippen LogP contribution in [-0.2, 0) is 9.84 Å². The molecule has 4 nitrogen and oxygen atoms in total. The lowest BCUT2D eigenvalue weighted by molar-refractivity contribution is 0.340. The third-order valence-electron chi connectivity index (χ3n) is 2.57. The van der Waals surface area contributed by atoms with Crippen LogP contribution in [0.25, 0.3) is 0 Å². The van der Waals surface area contributed by atoms with Crippen molar-refractivity contribution in [3.8, 4) is 5.75 Å². The van der Waals surface area contributed by atoms with Crippen molar-refractivity contribution in [1.29, 1.82) is 0 Å². The lowest BCUT2D eigenvalue weighted by Gasteiger charge is -2.08. The molecule has 96 valence electrons. The Bertz CT molecular complexity index is 469. The number of nitrogens with two attached hydrogens (primary N) is 1. The quantitative estimate of drug-likeness (QED) is 0.827. The number of sulfone groups is 1. The van der Waals surface area contributed by atoms with Crippen molar-refractivity contribution in [2.75, 3.05) is 24.7 Å². The highest BCUT2D eigenvalue weighted by Gasteiger charge is 2.09. The Kier molecular flexibility index (Phi) is 4.96. The molecule has 0 saturated heterocycles. The lowest BCUT2D eigenvalue weighted by Crippen LogP contribution is -2.22. The maximum Gasteiger partial charge on any atom is 0.154 e. The van der Waals surface area contributed by atoms with Crippen LogP contribution in [0.5, 0.6) is 5.75 Å². The van der Waals surface area contributed by atoms with Gasteiger partial charge in [0.05, 0.1) is 11.5 Å². The van der Waals surface area contributed by atoms with Crippen LogP contribution < -0.4 is 10.5 Å². The van der Waals surface area contributed by atoms with Gasteiger partial charge in [-0.15, -0.1) is 0 Å². The van der Waals surface area contributed by atoms with E-state index in [1.54, 1.807) is 0 Å². The molecular formula is C12H19NO3S. The molecule has 0 saturated carbocycles. The standard InChI is InChI=1S/C12H19NO3S/c1-10-3-4-12(9-11(10)2)16-6-8-17(14,15)7-5-13/h3-4,9H,5-8,13H2,1-2H3. The third kappa shape index (κ3) is 4.75. The molecule has 0 atom stereocenters. The molecule has 0 unspecified atom stereocenters. The first kappa shape index (κ1) is 14.0. The zero-order valence-electron chi connectivity index (χ0n) is 10.3. The molecule has 1 aromatic rings. The summed E-state index contributed by atoms with van der Waals surface area (Å²) in [6.07, 6.45) is 0. The number of hydrogen-bond acceptors (Lipinski definition) is 4. The van der Waals surface area contributed by atoms with E-state index in [0.717, 1.165) is 5.56 Å². The second-order valence-electron chi connectivity index (χ2n) is 4.04. The van der Waals surface area contributed by atoms with E-state index in [2.05, 4.69) is 0 Å². The Morgan fingerprint density at radius 3 is 2.47 bits per heavy atom. The van der Waals surface area contributed by atoms with E-state index in [1.165, 1.54) is 5.56 Å². The van der Waals surface area contributed by atoms with Crippen LogP contribution in [0.2, 0.25) is 0 Å². The molecule has 0 radical (unpaired) electrons. The number of rotatable bonds is 6. The van der Waals surface area contributed by atoms with Crippen LogP contribution >= 0.6 is 0 Å². The first-order valence-electron chi connectivity index (χ1n) is 5.55. The van der Waals surface area contributed by atoms with Gasteiger partial charge in [-0.3, -0.25) is 0 Å². The average molecular weight is 257 g/mol. The largest absolute Gasteiger partial charge is 0.493 e. The molecule has 0 spiro atoms. The predicted octanol–water partition coefficient (Wildman–Crippen LogP) is 1.06. The van der Waals surface area contributed by atoms with Crippen molar-refractivity contribution in [3.63, 3.8) is 0 Å². The Balaban J connectivity index is 2.49. The zero-order chi connectivity index (χ0) is 12.9. The topological polar surface area (TPSA) is 69.4 Å². The minimum atomic E-state index is -3.07. The van der Waals surface area contributed by atoms with Gasteiger partial charge in [0.1, 0.15) is 12.4 Å². The van der Waals surface area contributed by atoms with E-state index in [4.69, 9.17) is 10.5 Å². The molecule has 2 N–H and O–H groups in total. The Hall–Kier alpha value is -1.07. The summed E-state index contributed by atoms with van der Waals surface area (Å²) in [6.45, 7) is 4.34. The van der Waals surface area contributed by atoms with Crippen LogP contribution in [0.4, 0.5) is 0 Å². The van der Waals surface area contributed by atoms with Gasteiger partial charge in [0.2, 0.25) is 0 Å². The van der Waals surface area contributed by atoms with Crippen LogP contribution in [0.15, 0.2) is 18.2 Å². The summed E-state index contributed by atoms with van der Waals surface area (Å²) in [4.78, 5) is 0. The van der Waals surface area contributed by atoms with Crippen LogP contribution in [0.3, 0.4) is 0 Å². The molecule has 17 heavy (non-hydrogen) atoms. The van der Waals surface area contributed by atoms with Gasteiger partial charge in [0.15, 0.2) is 9.84 Å². The molecule has 0 aliphatic heterocycles. The van der Waals surface area contributed by atoms with Crippen molar-refractivity contribution in [1.82, 2.24) is 0 Å². The van der Waals surface area contributed by atoms with Crippen LogP contribution in [0, 0.1) is 13.8 Å². The van der Waals surface area contributed by atoms with Crippen molar-refractivity contribution < 1.29 is 13.2 Å². The van der Waals surface area contributed by atoms with Crippen molar-refractivity contribution in [3.05, 3.63) is 29.3 Å².